The summed E-state index contributed by atoms with van der Waals surface area (Å²) in [6.07, 6.45) is 4.27. The van der Waals surface area contributed by atoms with Crippen LogP contribution in [0.15, 0.2) is 30.5 Å². The van der Waals surface area contributed by atoms with Gasteiger partial charge in [-0.05, 0) is 31.4 Å². The molecule has 6 nitrogen and oxygen atoms in total. The molecule has 0 radical (unpaired) electrons. The number of aromatic nitrogens is 1. The number of nitrogens with two attached hydrogens (primary N) is 1. The number of benzene rings is 1. The normalized spacial score (nSPS) is 16.8. The maximum absolute atomic E-state index is 12.5. The zero-order valence-electron chi connectivity index (χ0n) is 13.2. The Morgan fingerprint density at radius 2 is 2.09 bits per heavy atom. The van der Waals surface area contributed by atoms with Crippen LogP contribution in [-0.2, 0) is 16.0 Å². The van der Waals surface area contributed by atoms with Crippen LogP contribution in [0.3, 0.4) is 0 Å². The molecule has 0 aliphatic heterocycles. The highest BCUT2D eigenvalue weighted by Crippen LogP contribution is 2.34. The van der Waals surface area contributed by atoms with Gasteiger partial charge in [0.05, 0.1) is 6.54 Å². The van der Waals surface area contributed by atoms with Crippen LogP contribution in [0.25, 0.3) is 10.9 Å². The first kappa shape index (κ1) is 15.6. The van der Waals surface area contributed by atoms with Crippen molar-refractivity contribution in [3.05, 3.63) is 36.0 Å². The lowest BCUT2D eigenvalue weighted by molar-refractivity contribution is -0.128. The van der Waals surface area contributed by atoms with Gasteiger partial charge >= 0.3 is 0 Å². The number of aromatic amines is 1. The third-order valence-electron chi connectivity index (χ3n) is 4.36. The van der Waals surface area contributed by atoms with E-state index in [1.165, 1.54) is 0 Å². The Balaban J connectivity index is 1.79. The molecular formula is C17H22N4O2. The maximum atomic E-state index is 12.5. The summed E-state index contributed by atoms with van der Waals surface area (Å²) in [4.78, 5) is 27.4. The minimum Gasteiger partial charge on any atom is -0.361 e. The third kappa shape index (κ3) is 3.53. The molecule has 1 aromatic heterocycles. The van der Waals surface area contributed by atoms with E-state index in [1.807, 2.05) is 37.4 Å². The van der Waals surface area contributed by atoms with Gasteiger partial charge in [0, 0.05) is 29.1 Å². The average Bonchev–Trinajstić information content (AvgIpc) is 3.12. The van der Waals surface area contributed by atoms with Crippen molar-refractivity contribution in [2.24, 2.45) is 5.73 Å². The number of para-hydroxylation sites is 1. The van der Waals surface area contributed by atoms with Gasteiger partial charge in [0.2, 0.25) is 11.8 Å². The van der Waals surface area contributed by atoms with Crippen molar-refractivity contribution in [1.82, 2.24) is 15.6 Å². The average molecular weight is 314 g/mol. The van der Waals surface area contributed by atoms with Crippen LogP contribution in [0.5, 0.6) is 0 Å². The molecule has 0 unspecified atom stereocenters. The summed E-state index contributed by atoms with van der Waals surface area (Å²) in [7, 11) is 0. The Bertz CT molecular complexity index is 733. The number of nitrogens with one attached hydrogen (secondary N) is 3. The molecule has 1 aliphatic carbocycles. The molecular weight excluding hydrogens is 292 g/mol. The summed E-state index contributed by atoms with van der Waals surface area (Å²) in [5.74, 6) is -0.483. The second kappa shape index (κ2) is 6.04. The fourth-order valence-electron chi connectivity index (χ4n) is 2.68. The van der Waals surface area contributed by atoms with Gasteiger partial charge in [0.25, 0.3) is 0 Å². The quantitative estimate of drug-likeness (QED) is 0.635. The van der Waals surface area contributed by atoms with E-state index in [0.717, 1.165) is 29.3 Å². The zero-order chi connectivity index (χ0) is 16.4. The highest BCUT2D eigenvalue weighted by Gasteiger charge is 2.40. The molecule has 1 heterocycles. The Morgan fingerprint density at radius 1 is 1.35 bits per heavy atom. The molecule has 2 aromatic rings. The smallest absolute Gasteiger partial charge is 0.243 e. The van der Waals surface area contributed by atoms with Gasteiger partial charge in [-0.15, -0.1) is 0 Å². The van der Waals surface area contributed by atoms with Crippen LogP contribution in [0.2, 0.25) is 0 Å². The number of amides is 2. The summed E-state index contributed by atoms with van der Waals surface area (Å²) in [5.41, 5.74) is 7.27. The molecule has 1 aliphatic rings. The van der Waals surface area contributed by atoms with E-state index >= 15 is 0 Å². The first-order valence-electron chi connectivity index (χ1n) is 7.87. The van der Waals surface area contributed by atoms with Gasteiger partial charge in [-0.2, -0.15) is 0 Å². The van der Waals surface area contributed by atoms with Crippen LogP contribution in [0, 0.1) is 0 Å². The lowest BCUT2D eigenvalue weighted by Gasteiger charge is -2.20. The molecule has 122 valence electrons. The predicted molar refractivity (Wildman–Crippen MR) is 88.8 cm³/mol. The summed E-state index contributed by atoms with van der Waals surface area (Å²) in [6.45, 7) is 1.88. The van der Waals surface area contributed by atoms with Crippen LogP contribution >= 0.6 is 0 Å². The van der Waals surface area contributed by atoms with Crippen molar-refractivity contribution in [3.8, 4) is 0 Å². The number of H-pyrrole nitrogens is 1. The molecule has 1 fully saturated rings. The van der Waals surface area contributed by atoms with Gasteiger partial charge < -0.3 is 21.4 Å². The first-order chi connectivity index (χ1) is 11.0. The highest BCUT2D eigenvalue weighted by molar-refractivity contribution is 5.90. The molecule has 0 saturated heterocycles. The van der Waals surface area contributed by atoms with Gasteiger partial charge in [0.1, 0.15) is 6.04 Å². The Labute approximate surface area is 134 Å². The summed E-state index contributed by atoms with van der Waals surface area (Å²) in [6, 6.07) is 7.28. The lowest BCUT2D eigenvalue weighted by Crippen LogP contribution is -2.52. The minimum absolute atomic E-state index is 0.122. The number of fused-ring (bicyclic) bond motifs is 1. The first-order valence-corrected chi connectivity index (χ1v) is 7.87. The Kier molecular flexibility index (Phi) is 4.09. The van der Waals surface area contributed by atoms with Crippen molar-refractivity contribution < 1.29 is 9.59 Å². The zero-order valence-corrected chi connectivity index (χ0v) is 13.2. The predicted octanol–water partition coefficient (Wildman–Crippen LogP) is 0.823. The second-order valence-corrected chi connectivity index (χ2v) is 6.44. The molecule has 1 aromatic carbocycles. The van der Waals surface area contributed by atoms with E-state index in [2.05, 4.69) is 15.6 Å². The molecule has 0 bridgehead atoms. The molecule has 1 atom stereocenters. The van der Waals surface area contributed by atoms with Gasteiger partial charge in [-0.3, -0.25) is 9.59 Å². The van der Waals surface area contributed by atoms with Crippen LogP contribution in [-0.4, -0.2) is 34.9 Å². The number of hydrogen-bond acceptors (Lipinski definition) is 3. The molecule has 2 amide bonds. The van der Waals surface area contributed by atoms with Crippen molar-refractivity contribution >= 4 is 22.7 Å². The van der Waals surface area contributed by atoms with Crippen molar-refractivity contribution in [3.63, 3.8) is 0 Å². The molecule has 0 spiro atoms. The SMILES string of the molecule is CC1(NC(=O)[C@@H](Cc2c[nH]c3ccccc23)NC(=O)CN)CC1. The van der Waals surface area contributed by atoms with E-state index in [-0.39, 0.29) is 23.9 Å². The van der Waals surface area contributed by atoms with E-state index in [0.29, 0.717) is 6.42 Å². The van der Waals surface area contributed by atoms with Gasteiger partial charge in [-0.1, -0.05) is 18.2 Å². The fourth-order valence-corrected chi connectivity index (χ4v) is 2.68. The fraction of sp³-hybridized carbons (Fsp3) is 0.412. The van der Waals surface area contributed by atoms with Crippen molar-refractivity contribution in [2.45, 2.75) is 37.8 Å². The number of carbonyl (C=O) groups excluding carboxylic acids is 2. The Morgan fingerprint density at radius 3 is 2.78 bits per heavy atom. The monoisotopic (exact) mass is 314 g/mol. The standard InChI is InChI=1S/C17H22N4O2/c1-17(6-7-17)21-16(23)14(20-15(22)9-18)8-11-10-19-13-5-3-2-4-12(11)13/h2-5,10,14,19H,6-9,18H2,1H3,(H,20,22)(H,21,23)/t14-/m1/s1. The summed E-state index contributed by atoms with van der Waals surface area (Å²) < 4.78 is 0. The second-order valence-electron chi connectivity index (χ2n) is 6.44. The molecule has 6 heteroatoms. The summed E-state index contributed by atoms with van der Waals surface area (Å²) >= 11 is 0. The van der Waals surface area contributed by atoms with E-state index in [9.17, 15) is 9.59 Å². The maximum Gasteiger partial charge on any atom is 0.243 e. The van der Waals surface area contributed by atoms with Crippen LogP contribution in [0.4, 0.5) is 0 Å². The molecule has 5 N–H and O–H groups in total. The largest absolute Gasteiger partial charge is 0.361 e. The minimum atomic E-state index is -0.623. The number of rotatable bonds is 6. The number of hydrogen-bond donors (Lipinski definition) is 4. The van der Waals surface area contributed by atoms with Gasteiger partial charge in [-0.25, -0.2) is 0 Å². The van der Waals surface area contributed by atoms with Crippen molar-refractivity contribution in [1.29, 1.82) is 0 Å². The van der Waals surface area contributed by atoms with Crippen molar-refractivity contribution in [2.75, 3.05) is 6.54 Å². The van der Waals surface area contributed by atoms with Gasteiger partial charge in [0.15, 0.2) is 0 Å². The van der Waals surface area contributed by atoms with Crippen LogP contribution < -0.4 is 16.4 Å². The summed E-state index contributed by atoms with van der Waals surface area (Å²) in [5, 5.41) is 6.81. The Hall–Kier alpha value is -2.34. The molecule has 3 rings (SSSR count). The molecule has 23 heavy (non-hydrogen) atoms. The van der Waals surface area contributed by atoms with E-state index < -0.39 is 6.04 Å². The number of carbonyl (C=O) groups is 2. The topological polar surface area (TPSA) is 100 Å². The van der Waals surface area contributed by atoms with E-state index in [1.54, 1.807) is 0 Å². The highest BCUT2D eigenvalue weighted by atomic mass is 16.2. The van der Waals surface area contributed by atoms with E-state index in [4.69, 9.17) is 5.73 Å². The lowest BCUT2D eigenvalue weighted by atomic mass is 10.0. The third-order valence-corrected chi connectivity index (χ3v) is 4.36. The molecule has 1 saturated carbocycles. The van der Waals surface area contributed by atoms with Crippen LogP contribution in [0.1, 0.15) is 25.3 Å².